The van der Waals surface area contributed by atoms with Gasteiger partial charge in [-0.15, -0.1) is 0 Å². The molecule has 0 saturated heterocycles. The first-order valence-electron chi connectivity index (χ1n) is 30.8. The van der Waals surface area contributed by atoms with E-state index in [0.717, 1.165) is 84.9 Å². The normalized spacial score (nSPS) is 12.3. The minimum Gasteiger partial charge on any atom is -0.493 e. The molecule has 2 N–H and O–H groups in total. The molecule has 0 atom stereocenters. The van der Waals surface area contributed by atoms with Crippen LogP contribution in [0.2, 0.25) is 0 Å². The van der Waals surface area contributed by atoms with Gasteiger partial charge < -0.3 is 24.7 Å². The molecule has 0 aliphatic heterocycles. The van der Waals surface area contributed by atoms with E-state index in [1.165, 1.54) is 213 Å². The quantitative estimate of drug-likeness (QED) is 0.0313. The fourth-order valence-corrected chi connectivity index (χ4v) is 11.0. The van der Waals surface area contributed by atoms with E-state index in [0.29, 0.717) is 32.7 Å². The summed E-state index contributed by atoms with van der Waals surface area (Å²) < 4.78 is 28.2. The molecule has 4 aromatic rings. The van der Waals surface area contributed by atoms with Gasteiger partial charge in [-0.25, -0.2) is 0 Å². The lowest BCUT2D eigenvalue weighted by Gasteiger charge is -2.23. The topological polar surface area (TPSA) is 62.9 Å². The number of hydrogen-bond acceptors (Lipinski definition) is 5. The van der Waals surface area contributed by atoms with E-state index in [-0.39, 0.29) is 0 Å². The summed E-state index contributed by atoms with van der Waals surface area (Å²) in [6, 6.07) is 24.8. The second kappa shape index (κ2) is 37.6. The van der Waals surface area contributed by atoms with Crippen LogP contribution in [0.1, 0.15) is 278 Å². The molecule has 0 fully saturated rings. The van der Waals surface area contributed by atoms with E-state index in [1.54, 1.807) is 0 Å². The number of ether oxygens (including phenoxy) is 4. The van der Waals surface area contributed by atoms with Gasteiger partial charge in [0.05, 0.1) is 26.4 Å². The summed E-state index contributed by atoms with van der Waals surface area (Å²) >= 11 is 0. The molecule has 1 aliphatic carbocycles. The third kappa shape index (κ3) is 22.7. The van der Waals surface area contributed by atoms with Gasteiger partial charge in [-0.3, -0.25) is 0 Å². The number of hydrogen-bond donors (Lipinski definition) is 1. The smallest absolute Gasteiger partial charge is 0.126 e. The number of nitrogens with two attached hydrogens (primary N) is 1. The van der Waals surface area contributed by atoms with Crippen molar-refractivity contribution < 1.29 is 18.9 Å². The molecule has 0 unspecified atom stereocenters. The van der Waals surface area contributed by atoms with Crippen LogP contribution in [0.5, 0.6) is 23.0 Å². The molecule has 73 heavy (non-hydrogen) atoms. The molecule has 5 heteroatoms. The Bertz CT molecular complexity index is 1940. The number of para-hydroxylation sites is 3. The summed E-state index contributed by atoms with van der Waals surface area (Å²) in [7, 11) is 0. The third-order valence-electron chi connectivity index (χ3n) is 15.3. The number of benzene rings is 4. The number of unbranched alkanes of at least 4 members (excludes halogenated alkanes) is 28. The Labute approximate surface area is 447 Å². The predicted octanol–water partition coefficient (Wildman–Crippen LogP) is 20.0. The Morgan fingerprint density at radius 2 is 0.466 bits per heavy atom. The number of anilines is 1. The molecule has 1 aliphatic rings. The second-order valence-corrected chi connectivity index (χ2v) is 21.9. The Kier molecular flexibility index (Phi) is 30.8. The van der Waals surface area contributed by atoms with E-state index in [1.807, 2.05) is 0 Å². The Morgan fingerprint density at radius 3 is 0.699 bits per heavy atom. The van der Waals surface area contributed by atoms with Gasteiger partial charge in [-0.2, -0.15) is 0 Å². The summed E-state index contributed by atoms with van der Waals surface area (Å²) in [6.45, 7) is 12.0. The molecule has 4 aromatic carbocycles. The molecule has 5 rings (SSSR count). The van der Waals surface area contributed by atoms with Crippen molar-refractivity contribution in [1.29, 1.82) is 0 Å². The number of fused-ring (bicyclic) bond motifs is 8. The van der Waals surface area contributed by atoms with Gasteiger partial charge in [0.1, 0.15) is 23.0 Å². The van der Waals surface area contributed by atoms with Crippen LogP contribution < -0.4 is 24.7 Å². The molecule has 0 spiro atoms. The zero-order valence-corrected chi connectivity index (χ0v) is 47.3. The summed E-state index contributed by atoms with van der Waals surface area (Å²) in [5.74, 6) is 4.03. The van der Waals surface area contributed by atoms with E-state index in [4.69, 9.17) is 24.7 Å². The maximum atomic E-state index is 7.04. The standard InChI is InChI=1S/C68H105NO4/c1-5-9-13-17-21-25-29-33-46-70-65-56-40-37-41-57(65)51-59-43-39-45-61(67(59)72-48-35-31-27-23-19-15-11-7-3)53-63-55-64(69)54-62(68(63)73-49-36-32-28-24-20-16-12-8-4)52-60-44-38-42-58(50-56)66(60)71-47-34-30-26-22-18-14-10-6-2/h37-45,54-55H,5-36,46-53,69H2,1-4H3. The van der Waals surface area contributed by atoms with Crippen molar-refractivity contribution in [2.75, 3.05) is 32.2 Å². The molecule has 0 amide bonds. The van der Waals surface area contributed by atoms with E-state index in [2.05, 4.69) is 94.4 Å². The van der Waals surface area contributed by atoms with Crippen LogP contribution in [-0.4, -0.2) is 26.4 Å². The maximum absolute atomic E-state index is 7.04. The maximum Gasteiger partial charge on any atom is 0.126 e. The van der Waals surface area contributed by atoms with Gasteiger partial charge in [0.15, 0.2) is 0 Å². The van der Waals surface area contributed by atoms with Crippen LogP contribution >= 0.6 is 0 Å². The SMILES string of the molecule is CCCCCCCCCCOc1c2cccc1Cc1cccc(c1OCCCCCCCCCC)Cc1cc(N)cc(c1OCCCCCCCCCC)Cc1cccc(c1OCCCCCCCCCC)C2. The van der Waals surface area contributed by atoms with Gasteiger partial charge in [0, 0.05) is 42.5 Å². The third-order valence-corrected chi connectivity index (χ3v) is 15.3. The van der Waals surface area contributed by atoms with E-state index in [9.17, 15) is 0 Å². The van der Waals surface area contributed by atoms with Crippen molar-refractivity contribution in [3.63, 3.8) is 0 Å². The number of nitrogen functional groups attached to an aromatic ring is 1. The highest BCUT2D eigenvalue weighted by atomic mass is 16.5. The monoisotopic (exact) mass is 1000 g/mol. The zero-order chi connectivity index (χ0) is 51.4. The molecule has 0 radical (unpaired) electrons. The summed E-state index contributed by atoms with van der Waals surface area (Å²) in [5, 5.41) is 0. The Morgan fingerprint density at radius 1 is 0.274 bits per heavy atom. The molecule has 0 saturated carbocycles. The van der Waals surface area contributed by atoms with Crippen molar-refractivity contribution in [2.24, 2.45) is 0 Å². The minimum absolute atomic E-state index is 0.676. The van der Waals surface area contributed by atoms with Crippen LogP contribution in [0.3, 0.4) is 0 Å². The lowest BCUT2D eigenvalue weighted by molar-refractivity contribution is 0.293. The van der Waals surface area contributed by atoms with E-state index >= 15 is 0 Å². The Hall–Kier alpha value is -4.12. The fourth-order valence-electron chi connectivity index (χ4n) is 11.0. The molecule has 0 heterocycles. The first-order chi connectivity index (χ1) is 36.1. The van der Waals surface area contributed by atoms with Gasteiger partial charge in [0.25, 0.3) is 0 Å². The zero-order valence-electron chi connectivity index (χ0n) is 47.3. The van der Waals surface area contributed by atoms with Crippen molar-refractivity contribution in [3.8, 4) is 23.0 Å². The van der Waals surface area contributed by atoms with Crippen molar-refractivity contribution in [3.05, 3.63) is 111 Å². The summed E-state index contributed by atoms with van der Waals surface area (Å²) in [4.78, 5) is 0. The second-order valence-electron chi connectivity index (χ2n) is 21.9. The highest BCUT2D eigenvalue weighted by molar-refractivity contribution is 5.59. The summed E-state index contributed by atoms with van der Waals surface area (Å²) in [5.41, 5.74) is 17.2. The molecular weight excluding hydrogens is 895 g/mol. The lowest BCUT2D eigenvalue weighted by Crippen LogP contribution is -2.11. The van der Waals surface area contributed by atoms with Crippen molar-refractivity contribution in [2.45, 2.75) is 259 Å². The van der Waals surface area contributed by atoms with Gasteiger partial charge in [-0.1, -0.05) is 262 Å². The first kappa shape index (κ1) is 59.8. The predicted molar refractivity (Wildman–Crippen MR) is 314 cm³/mol. The van der Waals surface area contributed by atoms with Crippen LogP contribution in [-0.2, 0) is 25.7 Å². The molecular formula is C68H105NO4. The average Bonchev–Trinajstić information content (AvgIpc) is 3.38. The fraction of sp³-hybridized carbons (Fsp3) is 0.647. The largest absolute Gasteiger partial charge is 0.493 e. The molecule has 8 bridgehead atoms. The summed E-state index contributed by atoms with van der Waals surface area (Å²) in [6.07, 6.45) is 43.5. The van der Waals surface area contributed by atoms with E-state index < -0.39 is 0 Å². The van der Waals surface area contributed by atoms with Crippen LogP contribution in [0.4, 0.5) is 5.69 Å². The van der Waals surface area contributed by atoms with Crippen molar-refractivity contribution in [1.82, 2.24) is 0 Å². The molecule has 0 aromatic heterocycles. The highest BCUT2D eigenvalue weighted by Gasteiger charge is 2.22. The lowest BCUT2D eigenvalue weighted by atomic mass is 9.91. The van der Waals surface area contributed by atoms with Gasteiger partial charge >= 0.3 is 0 Å². The number of rotatable bonds is 40. The minimum atomic E-state index is 0.676. The van der Waals surface area contributed by atoms with Crippen molar-refractivity contribution >= 4 is 5.69 Å². The first-order valence-corrected chi connectivity index (χ1v) is 30.8. The van der Waals surface area contributed by atoms with Gasteiger partial charge in [0.2, 0.25) is 0 Å². The van der Waals surface area contributed by atoms with Gasteiger partial charge in [-0.05, 0) is 71.2 Å². The Balaban J connectivity index is 1.51. The highest BCUT2D eigenvalue weighted by Crippen LogP contribution is 2.40. The molecule has 406 valence electrons. The van der Waals surface area contributed by atoms with Crippen LogP contribution in [0, 0.1) is 0 Å². The average molecular weight is 1000 g/mol. The van der Waals surface area contributed by atoms with Crippen LogP contribution in [0.25, 0.3) is 0 Å². The van der Waals surface area contributed by atoms with Crippen LogP contribution in [0.15, 0.2) is 66.7 Å². The molecule has 5 nitrogen and oxygen atoms in total.